The van der Waals surface area contributed by atoms with Gasteiger partial charge in [-0.25, -0.2) is 0 Å². The molecule has 112 valence electrons. The highest BCUT2D eigenvalue weighted by Crippen LogP contribution is 2.30. The molecule has 3 nitrogen and oxygen atoms in total. The second-order valence-corrected chi connectivity index (χ2v) is 6.31. The minimum atomic E-state index is -0.0721. The molecular formula is C17H20BrNO2. The zero-order chi connectivity index (χ0) is 15.7. The highest BCUT2D eigenvalue weighted by atomic mass is 79.9. The summed E-state index contributed by atoms with van der Waals surface area (Å²) in [5, 5.41) is 0. The highest BCUT2D eigenvalue weighted by molar-refractivity contribution is 9.10. The number of rotatable bonds is 3. The molecule has 0 N–H and O–H groups in total. The van der Waals surface area contributed by atoms with Crippen molar-refractivity contribution in [2.75, 3.05) is 11.9 Å². The number of hydrogen-bond acceptors (Lipinski definition) is 2. The molecule has 1 heterocycles. The molecule has 0 aliphatic rings. The van der Waals surface area contributed by atoms with Crippen LogP contribution in [0.4, 0.5) is 5.69 Å². The van der Waals surface area contributed by atoms with Crippen molar-refractivity contribution in [2.24, 2.45) is 0 Å². The van der Waals surface area contributed by atoms with E-state index in [4.69, 9.17) is 4.42 Å². The Bertz CT molecular complexity index is 673. The number of carbonyl (C=O) groups is 1. The van der Waals surface area contributed by atoms with Crippen LogP contribution in [-0.4, -0.2) is 13.0 Å². The maximum atomic E-state index is 12.7. The van der Waals surface area contributed by atoms with Gasteiger partial charge in [-0.1, -0.05) is 26.0 Å². The van der Waals surface area contributed by atoms with Gasteiger partial charge in [-0.05, 0) is 53.4 Å². The molecule has 4 heteroatoms. The van der Waals surface area contributed by atoms with Crippen LogP contribution in [0, 0.1) is 13.8 Å². The highest BCUT2D eigenvalue weighted by Gasteiger charge is 2.23. The Balaban J connectivity index is 2.37. The standard InChI is InChI=1S/C17H20BrNO2/c1-10(2)13-7-6-8-14(9-13)19(5)17(20)15-11(3)21-12(4)16(15)18/h6-10H,1-5H3. The number of halogens is 1. The molecule has 21 heavy (non-hydrogen) atoms. The van der Waals surface area contributed by atoms with Gasteiger partial charge in [0.1, 0.15) is 11.5 Å². The fraction of sp³-hybridized carbons (Fsp3) is 0.353. The Morgan fingerprint density at radius 3 is 2.43 bits per heavy atom. The molecule has 1 aromatic carbocycles. The number of benzene rings is 1. The van der Waals surface area contributed by atoms with Crippen LogP contribution in [0.15, 0.2) is 33.2 Å². The zero-order valence-electron chi connectivity index (χ0n) is 13.0. The van der Waals surface area contributed by atoms with Gasteiger partial charge in [-0.15, -0.1) is 0 Å². The first-order valence-corrected chi connectivity index (χ1v) is 7.75. The molecule has 2 rings (SSSR count). The van der Waals surface area contributed by atoms with Crippen LogP contribution in [0.25, 0.3) is 0 Å². The third-order valence-corrected chi connectivity index (χ3v) is 4.58. The van der Waals surface area contributed by atoms with E-state index in [2.05, 4.69) is 41.9 Å². The number of anilines is 1. The maximum absolute atomic E-state index is 12.7. The summed E-state index contributed by atoms with van der Waals surface area (Å²) in [4.78, 5) is 14.4. The quantitative estimate of drug-likeness (QED) is 0.775. The molecule has 1 aromatic heterocycles. The van der Waals surface area contributed by atoms with Crippen LogP contribution in [0.1, 0.15) is 47.2 Å². The summed E-state index contributed by atoms with van der Waals surface area (Å²) < 4.78 is 6.25. The number of aryl methyl sites for hydroxylation is 2. The number of hydrogen-bond donors (Lipinski definition) is 0. The van der Waals surface area contributed by atoms with Crippen LogP contribution in [0.5, 0.6) is 0 Å². The number of carbonyl (C=O) groups excluding carboxylic acids is 1. The molecule has 0 unspecified atom stereocenters. The van der Waals surface area contributed by atoms with Crippen molar-refractivity contribution in [3.8, 4) is 0 Å². The number of furan rings is 1. The molecule has 2 aromatic rings. The zero-order valence-corrected chi connectivity index (χ0v) is 14.6. The van der Waals surface area contributed by atoms with E-state index in [0.29, 0.717) is 17.2 Å². The van der Waals surface area contributed by atoms with Crippen molar-refractivity contribution < 1.29 is 9.21 Å². The lowest BCUT2D eigenvalue weighted by Crippen LogP contribution is -2.26. The first-order chi connectivity index (χ1) is 9.82. The van der Waals surface area contributed by atoms with Crippen molar-refractivity contribution in [1.82, 2.24) is 0 Å². The van der Waals surface area contributed by atoms with Gasteiger partial charge in [0, 0.05) is 12.7 Å². The van der Waals surface area contributed by atoms with Gasteiger partial charge in [0.05, 0.1) is 10.0 Å². The Labute approximate surface area is 134 Å². The SMILES string of the molecule is Cc1oc(C)c(C(=O)N(C)c2cccc(C(C)C)c2)c1Br. The van der Waals surface area contributed by atoms with Crippen LogP contribution in [0.3, 0.4) is 0 Å². The summed E-state index contributed by atoms with van der Waals surface area (Å²) in [6.45, 7) is 7.93. The summed E-state index contributed by atoms with van der Waals surface area (Å²) in [5.41, 5.74) is 2.69. The van der Waals surface area contributed by atoms with Crippen molar-refractivity contribution in [1.29, 1.82) is 0 Å². The van der Waals surface area contributed by atoms with E-state index in [0.717, 1.165) is 15.9 Å². The minimum absolute atomic E-state index is 0.0721. The van der Waals surface area contributed by atoms with Gasteiger partial charge >= 0.3 is 0 Å². The van der Waals surface area contributed by atoms with Crippen molar-refractivity contribution in [2.45, 2.75) is 33.6 Å². The minimum Gasteiger partial charge on any atom is -0.465 e. The predicted molar refractivity (Wildman–Crippen MR) is 89.1 cm³/mol. The van der Waals surface area contributed by atoms with Gasteiger partial charge in [0.25, 0.3) is 5.91 Å². The van der Waals surface area contributed by atoms with E-state index < -0.39 is 0 Å². The molecule has 0 atom stereocenters. The van der Waals surface area contributed by atoms with Gasteiger partial charge in [0.15, 0.2) is 0 Å². The van der Waals surface area contributed by atoms with E-state index in [9.17, 15) is 4.79 Å². The third-order valence-electron chi connectivity index (χ3n) is 3.63. The average Bonchev–Trinajstić information content (AvgIpc) is 2.70. The van der Waals surface area contributed by atoms with E-state index in [-0.39, 0.29) is 5.91 Å². The summed E-state index contributed by atoms with van der Waals surface area (Å²) in [7, 11) is 1.79. The van der Waals surface area contributed by atoms with Crippen molar-refractivity contribution >= 4 is 27.5 Å². The molecule has 0 fully saturated rings. The first-order valence-electron chi connectivity index (χ1n) is 6.96. The molecule has 0 saturated carbocycles. The summed E-state index contributed by atoms with van der Waals surface area (Å²) in [6.07, 6.45) is 0. The lowest BCUT2D eigenvalue weighted by molar-refractivity contribution is 0.0991. The Morgan fingerprint density at radius 2 is 1.90 bits per heavy atom. The Kier molecular flexibility index (Phi) is 4.57. The fourth-order valence-corrected chi connectivity index (χ4v) is 2.81. The molecule has 0 spiro atoms. The van der Waals surface area contributed by atoms with Crippen LogP contribution in [0.2, 0.25) is 0 Å². The normalized spacial score (nSPS) is 11.0. The number of nitrogens with zero attached hydrogens (tertiary/aromatic N) is 1. The Hall–Kier alpha value is -1.55. The lowest BCUT2D eigenvalue weighted by Gasteiger charge is -2.19. The molecular weight excluding hydrogens is 330 g/mol. The largest absolute Gasteiger partial charge is 0.465 e. The summed E-state index contributed by atoms with van der Waals surface area (Å²) in [5.74, 6) is 1.71. The van der Waals surface area contributed by atoms with Gasteiger partial charge in [-0.3, -0.25) is 4.79 Å². The average molecular weight is 350 g/mol. The van der Waals surface area contributed by atoms with E-state index in [1.54, 1.807) is 11.9 Å². The van der Waals surface area contributed by atoms with Gasteiger partial charge < -0.3 is 9.32 Å². The molecule has 0 bridgehead atoms. The van der Waals surface area contributed by atoms with Crippen LogP contribution >= 0.6 is 15.9 Å². The summed E-state index contributed by atoms with van der Waals surface area (Å²) in [6, 6.07) is 8.06. The lowest BCUT2D eigenvalue weighted by atomic mass is 10.0. The monoisotopic (exact) mass is 349 g/mol. The van der Waals surface area contributed by atoms with E-state index in [1.807, 2.05) is 26.0 Å². The van der Waals surface area contributed by atoms with E-state index >= 15 is 0 Å². The third kappa shape index (κ3) is 3.05. The van der Waals surface area contributed by atoms with Crippen LogP contribution in [-0.2, 0) is 0 Å². The maximum Gasteiger partial charge on any atom is 0.262 e. The first kappa shape index (κ1) is 15.8. The van der Waals surface area contributed by atoms with Crippen LogP contribution < -0.4 is 4.90 Å². The molecule has 0 aliphatic carbocycles. The van der Waals surface area contributed by atoms with Gasteiger partial charge in [-0.2, -0.15) is 0 Å². The van der Waals surface area contributed by atoms with Gasteiger partial charge in [0.2, 0.25) is 0 Å². The predicted octanol–water partition coefficient (Wildman–Crippen LogP) is 5.06. The van der Waals surface area contributed by atoms with Crippen molar-refractivity contribution in [3.05, 3.63) is 51.4 Å². The van der Waals surface area contributed by atoms with E-state index in [1.165, 1.54) is 5.56 Å². The fourth-order valence-electron chi connectivity index (χ4n) is 2.28. The second-order valence-electron chi connectivity index (χ2n) is 5.52. The molecule has 0 aliphatic heterocycles. The molecule has 0 saturated heterocycles. The molecule has 1 amide bonds. The number of amides is 1. The second kappa shape index (κ2) is 6.06. The summed E-state index contributed by atoms with van der Waals surface area (Å²) >= 11 is 3.44. The Morgan fingerprint density at radius 1 is 1.24 bits per heavy atom. The topological polar surface area (TPSA) is 33.5 Å². The van der Waals surface area contributed by atoms with Crippen molar-refractivity contribution in [3.63, 3.8) is 0 Å². The smallest absolute Gasteiger partial charge is 0.262 e. The molecule has 0 radical (unpaired) electrons.